The summed E-state index contributed by atoms with van der Waals surface area (Å²) >= 11 is 5.95. The van der Waals surface area contributed by atoms with Crippen molar-refractivity contribution < 1.29 is 14.6 Å². The van der Waals surface area contributed by atoms with E-state index in [1.807, 2.05) is 74.5 Å². The minimum absolute atomic E-state index is 0.289. The fourth-order valence-electron chi connectivity index (χ4n) is 3.34. The smallest absolute Gasteiger partial charge is 0.320 e. The topological polar surface area (TPSA) is 58.6 Å². The Bertz CT molecular complexity index is 970. The molecule has 0 aromatic heterocycles. The number of ether oxygens (including phenoxy) is 1. The number of carboxylic acids is 1. The summed E-state index contributed by atoms with van der Waals surface area (Å²) in [7, 11) is 0. The van der Waals surface area contributed by atoms with Gasteiger partial charge in [0.25, 0.3) is 0 Å². The molecule has 0 saturated carbocycles. The molecule has 0 saturated heterocycles. The van der Waals surface area contributed by atoms with E-state index < -0.39 is 12.0 Å². The molecular formula is C24H26ClNO3. The summed E-state index contributed by atoms with van der Waals surface area (Å²) in [6.45, 7) is 4.88. The highest BCUT2D eigenvalue weighted by atomic mass is 35.5. The van der Waals surface area contributed by atoms with Crippen molar-refractivity contribution in [3.05, 3.63) is 76.8 Å². The number of hydrogen-bond acceptors (Lipinski definition) is 3. The summed E-state index contributed by atoms with van der Waals surface area (Å²) in [5.74, 6) is 0.208. The highest BCUT2D eigenvalue weighted by molar-refractivity contribution is 6.30. The van der Waals surface area contributed by atoms with Crippen LogP contribution < -0.4 is 10.1 Å². The second-order valence-corrected chi connectivity index (χ2v) is 8.02. The Morgan fingerprint density at radius 2 is 1.79 bits per heavy atom. The molecule has 3 aromatic rings. The van der Waals surface area contributed by atoms with E-state index in [2.05, 4.69) is 5.32 Å². The maximum atomic E-state index is 11.6. The van der Waals surface area contributed by atoms with Gasteiger partial charge in [-0.05, 0) is 46.9 Å². The molecule has 29 heavy (non-hydrogen) atoms. The molecule has 0 heterocycles. The van der Waals surface area contributed by atoms with Crippen molar-refractivity contribution in [1.82, 2.24) is 5.32 Å². The van der Waals surface area contributed by atoms with Crippen molar-refractivity contribution in [2.24, 2.45) is 5.92 Å². The van der Waals surface area contributed by atoms with Crippen LogP contribution in [0.3, 0.4) is 0 Å². The van der Waals surface area contributed by atoms with Crippen molar-refractivity contribution in [2.75, 3.05) is 0 Å². The average molecular weight is 412 g/mol. The van der Waals surface area contributed by atoms with Gasteiger partial charge in [-0.1, -0.05) is 67.9 Å². The number of halogens is 1. The van der Waals surface area contributed by atoms with Crippen molar-refractivity contribution in [1.29, 1.82) is 0 Å². The van der Waals surface area contributed by atoms with Crippen LogP contribution in [0.4, 0.5) is 0 Å². The Hall–Kier alpha value is -2.56. The number of rotatable bonds is 9. The lowest BCUT2D eigenvalue weighted by Crippen LogP contribution is -2.37. The van der Waals surface area contributed by atoms with E-state index in [-0.39, 0.29) is 5.92 Å². The van der Waals surface area contributed by atoms with Crippen LogP contribution in [0.2, 0.25) is 5.02 Å². The molecule has 5 heteroatoms. The van der Waals surface area contributed by atoms with E-state index in [4.69, 9.17) is 16.3 Å². The molecule has 0 spiro atoms. The Kier molecular flexibility index (Phi) is 7.13. The third kappa shape index (κ3) is 5.72. The molecule has 0 aliphatic rings. The Morgan fingerprint density at radius 1 is 1.07 bits per heavy atom. The highest BCUT2D eigenvalue weighted by Crippen LogP contribution is 2.29. The minimum atomic E-state index is -0.831. The van der Waals surface area contributed by atoms with Crippen molar-refractivity contribution in [3.8, 4) is 5.75 Å². The van der Waals surface area contributed by atoms with Gasteiger partial charge in [0.1, 0.15) is 18.4 Å². The van der Waals surface area contributed by atoms with Gasteiger partial charge in [0.2, 0.25) is 0 Å². The summed E-state index contributed by atoms with van der Waals surface area (Å²) in [5.41, 5.74) is 1.98. The van der Waals surface area contributed by atoms with Gasteiger partial charge in [0, 0.05) is 17.1 Å². The summed E-state index contributed by atoms with van der Waals surface area (Å²) in [5, 5.41) is 15.6. The third-order valence-electron chi connectivity index (χ3n) is 4.84. The standard InChI is InChI=1S/C24H26ClNO3/c1-16(2)13-22(24(27)28)26-14-21-20-6-4-3-5-18(20)9-12-23(21)29-15-17-7-10-19(25)11-8-17/h3-12,16,22,26H,13-15H2,1-2H3,(H,27,28). The van der Waals surface area contributed by atoms with Crippen LogP contribution in [-0.4, -0.2) is 17.1 Å². The molecule has 152 valence electrons. The molecule has 3 rings (SSSR count). The monoisotopic (exact) mass is 411 g/mol. The van der Waals surface area contributed by atoms with Crippen LogP contribution in [0.25, 0.3) is 10.8 Å². The summed E-state index contributed by atoms with van der Waals surface area (Å²) < 4.78 is 6.11. The lowest BCUT2D eigenvalue weighted by molar-refractivity contribution is -0.140. The first-order valence-corrected chi connectivity index (χ1v) is 10.2. The highest BCUT2D eigenvalue weighted by Gasteiger charge is 2.19. The van der Waals surface area contributed by atoms with Crippen molar-refractivity contribution in [2.45, 2.75) is 39.5 Å². The van der Waals surface area contributed by atoms with Gasteiger partial charge in [-0.25, -0.2) is 0 Å². The number of nitrogens with one attached hydrogen (secondary N) is 1. The van der Waals surface area contributed by atoms with Gasteiger partial charge < -0.3 is 15.2 Å². The average Bonchev–Trinajstić information content (AvgIpc) is 2.70. The normalized spacial score (nSPS) is 12.3. The number of carbonyl (C=O) groups is 1. The lowest BCUT2D eigenvalue weighted by Gasteiger charge is -2.19. The maximum Gasteiger partial charge on any atom is 0.320 e. The van der Waals surface area contributed by atoms with E-state index in [0.29, 0.717) is 24.6 Å². The Labute approximate surface area is 176 Å². The predicted molar refractivity (Wildman–Crippen MR) is 117 cm³/mol. The van der Waals surface area contributed by atoms with Gasteiger partial charge >= 0.3 is 5.97 Å². The first-order valence-electron chi connectivity index (χ1n) is 9.78. The molecule has 0 aliphatic carbocycles. The zero-order valence-corrected chi connectivity index (χ0v) is 17.4. The molecule has 3 aromatic carbocycles. The first-order chi connectivity index (χ1) is 13.9. The van der Waals surface area contributed by atoms with Gasteiger partial charge in [-0.3, -0.25) is 4.79 Å². The van der Waals surface area contributed by atoms with E-state index in [9.17, 15) is 9.90 Å². The molecule has 1 atom stereocenters. The molecule has 4 nitrogen and oxygen atoms in total. The van der Waals surface area contributed by atoms with Crippen LogP contribution >= 0.6 is 11.6 Å². The van der Waals surface area contributed by atoms with Crippen LogP contribution in [0.1, 0.15) is 31.4 Å². The molecule has 0 radical (unpaired) electrons. The van der Waals surface area contributed by atoms with Crippen LogP contribution in [0, 0.1) is 5.92 Å². The minimum Gasteiger partial charge on any atom is -0.489 e. The van der Waals surface area contributed by atoms with Gasteiger partial charge in [-0.2, -0.15) is 0 Å². The van der Waals surface area contributed by atoms with E-state index in [0.717, 1.165) is 27.6 Å². The summed E-state index contributed by atoms with van der Waals surface area (Å²) in [6.07, 6.45) is 0.571. The number of aliphatic carboxylic acids is 1. The maximum absolute atomic E-state index is 11.6. The Morgan fingerprint density at radius 3 is 2.48 bits per heavy atom. The summed E-state index contributed by atoms with van der Waals surface area (Å²) in [6, 6.07) is 19.0. The lowest BCUT2D eigenvalue weighted by atomic mass is 10.0. The number of hydrogen-bond donors (Lipinski definition) is 2. The van der Waals surface area contributed by atoms with Crippen LogP contribution in [0.15, 0.2) is 60.7 Å². The predicted octanol–water partition coefficient (Wildman–Crippen LogP) is 5.66. The number of carboxylic acid groups (broad SMARTS) is 1. The zero-order valence-electron chi connectivity index (χ0n) is 16.7. The van der Waals surface area contributed by atoms with Gasteiger partial charge in [0.15, 0.2) is 0 Å². The molecule has 0 fully saturated rings. The second kappa shape index (κ2) is 9.77. The van der Waals surface area contributed by atoms with Crippen molar-refractivity contribution in [3.63, 3.8) is 0 Å². The largest absolute Gasteiger partial charge is 0.489 e. The molecule has 1 unspecified atom stereocenters. The molecule has 0 amide bonds. The number of fused-ring (bicyclic) bond motifs is 1. The van der Waals surface area contributed by atoms with E-state index >= 15 is 0 Å². The van der Waals surface area contributed by atoms with Crippen LogP contribution in [0.5, 0.6) is 5.75 Å². The van der Waals surface area contributed by atoms with Gasteiger partial charge in [0.05, 0.1) is 0 Å². The third-order valence-corrected chi connectivity index (χ3v) is 5.09. The molecule has 2 N–H and O–H groups in total. The molecule has 0 bridgehead atoms. The second-order valence-electron chi connectivity index (χ2n) is 7.58. The van der Waals surface area contributed by atoms with Crippen molar-refractivity contribution >= 4 is 28.3 Å². The van der Waals surface area contributed by atoms with Gasteiger partial charge in [-0.15, -0.1) is 0 Å². The number of benzene rings is 3. The fraction of sp³-hybridized carbons (Fsp3) is 0.292. The summed E-state index contributed by atoms with van der Waals surface area (Å²) in [4.78, 5) is 11.6. The zero-order chi connectivity index (χ0) is 20.8. The van der Waals surface area contributed by atoms with E-state index in [1.165, 1.54) is 0 Å². The molecule has 0 aliphatic heterocycles. The molecular weight excluding hydrogens is 386 g/mol. The van der Waals surface area contributed by atoms with E-state index in [1.54, 1.807) is 0 Å². The van der Waals surface area contributed by atoms with Crippen LogP contribution in [-0.2, 0) is 17.9 Å². The quantitative estimate of drug-likeness (QED) is 0.477. The fourth-order valence-corrected chi connectivity index (χ4v) is 3.47. The SMILES string of the molecule is CC(C)CC(NCc1c(OCc2ccc(Cl)cc2)ccc2ccccc12)C(=O)O. The Balaban J connectivity index is 1.85. The first kappa shape index (κ1) is 21.2.